The summed E-state index contributed by atoms with van der Waals surface area (Å²) in [5, 5.41) is 0. The van der Waals surface area contributed by atoms with Crippen LogP contribution in [0.2, 0.25) is 0 Å². The number of anilines is 2. The van der Waals surface area contributed by atoms with Crippen molar-refractivity contribution in [3.05, 3.63) is 97.1 Å². The Balaban J connectivity index is 1.37. The molecule has 7 nitrogen and oxygen atoms in total. The Morgan fingerprint density at radius 2 is 0.938 bits per heavy atom. The standard InChI is InChI=1S/C24H21N2O5P/c25-21-15-19(11-13-23(21)28-17-7-3-1-4-8-17)30-32(27)31-20-12-14-24(22(26)16-20)29-18-9-5-2-6-10-18/h1-16,32H,25-26H2. The highest BCUT2D eigenvalue weighted by atomic mass is 31.1. The molecule has 4 rings (SSSR count). The zero-order valence-corrected chi connectivity index (χ0v) is 17.9. The van der Waals surface area contributed by atoms with Crippen LogP contribution in [-0.2, 0) is 4.57 Å². The quantitative estimate of drug-likeness (QED) is 0.241. The summed E-state index contributed by atoms with van der Waals surface area (Å²) in [6, 6.07) is 28.0. The van der Waals surface area contributed by atoms with Crippen molar-refractivity contribution in [3.8, 4) is 34.5 Å². The first-order valence-electron chi connectivity index (χ1n) is 9.71. The summed E-state index contributed by atoms with van der Waals surface area (Å²) in [5.41, 5.74) is 12.7. The van der Waals surface area contributed by atoms with E-state index in [2.05, 4.69) is 0 Å². The van der Waals surface area contributed by atoms with E-state index in [1.54, 1.807) is 24.3 Å². The fraction of sp³-hybridized carbons (Fsp3) is 0. The molecule has 4 aromatic rings. The maximum atomic E-state index is 12.4. The van der Waals surface area contributed by atoms with Crippen LogP contribution in [0.1, 0.15) is 0 Å². The van der Waals surface area contributed by atoms with Crippen molar-refractivity contribution >= 4 is 19.6 Å². The molecule has 4 aromatic carbocycles. The Hall–Kier alpha value is -4.09. The van der Waals surface area contributed by atoms with Crippen molar-refractivity contribution < 1.29 is 23.1 Å². The van der Waals surface area contributed by atoms with Crippen LogP contribution >= 0.6 is 8.25 Å². The molecule has 8 heteroatoms. The van der Waals surface area contributed by atoms with E-state index in [9.17, 15) is 4.57 Å². The van der Waals surface area contributed by atoms with Crippen LogP contribution in [0.15, 0.2) is 97.1 Å². The zero-order valence-electron chi connectivity index (χ0n) is 16.9. The summed E-state index contributed by atoms with van der Waals surface area (Å²) in [4.78, 5) is 0. The molecule has 0 radical (unpaired) electrons. The molecule has 0 saturated heterocycles. The minimum Gasteiger partial charge on any atom is -0.455 e. The van der Waals surface area contributed by atoms with Gasteiger partial charge >= 0.3 is 8.25 Å². The van der Waals surface area contributed by atoms with Crippen LogP contribution in [0.25, 0.3) is 0 Å². The molecular weight excluding hydrogens is 427 g/mol. The van der Waals surface area contributed by atoms with Crippen LogP contribution in [0.5, 0.6) is 34.5 Å². The molecular formula is C24H21N2O5P. The summed E-state index contributed by atoms with van der Waals surface area (Å²) in [5.74, 6) is 2.83. The van der Waals surface area contributed by atoms with Crippen molar-refractivity contribution in [2.24, 2.45) is 0 Å². The lowest BCUT2D eigenvalue weighted by molar-refractivity contribution is 0.414. The number of nitrogen functional groups attached to an aromatic ring is 2. The van der Waals surface area contributed by atoms with Crippen molar-refractivity contribution in [3.63, 3.8) is 0 Å². The average molecular weight is 448 g/mol. The van der Waals surface area contributed by atoms with Crippen molar-refractivity contribution in [2.45, 2.75) is 0 Å². The molecule has 0 aromatic heterocycles. The van der Waals surface area contributed by atoms with E-state index in [4.69, 9.17) is 30.0 Å². The van der Waals surface area contributed by atoms with E-state index in [0.717, 1.165) is 0 Å². The van der Waals surface area contributed by atoms with Gasteiger partial charge in [-0.1, -0.05) is 36.4 Å². The van der Waals surface area contributed by atoms with Gasteiger partial charge in [0.1, 0.15) is 23.0 Å². The third-order valence-corrected chi connectivity index (χ3v) is 5.11. The van der Waals surface area contributed by atoms with Crippen molar-refractivity contribution in [1.29, 1.82) is 0 Å². The van der Waals surface area contributed by atoms with Gasteiger partial charge in [-0.05, 0) is 48.5 Å². The van der Waals surface area contributed by atoms with E-state index in [-0.39, 0.29) is 0 Å². The van der Waals surface area contributed by atoms with Gasteiger partial charge in [0.15, 0.2) is 11.5 Å². The average Bonchev–Trinajstić information content (AvgIpc) is 2.79. The lowest BCUT2D eigenvalue weighted by Crippen LogP contribution is -1.95. The number of hydrogen-bond donors (Lipinski definition) is 2. The number of rotatable bonds is 8. The van der Waals surface area contributed by atoms with Crippen molar-refractivity contribution in [1.82, 2.24) is 0 Å². The highest BCUT2D eigenvalue weighted by molar-refractivity contribution is 7.34. The zero-order chi connectivity index (χ0) is 22.3. The third kappa shape index (κ3) is 5.53. The van der Waals surface area contributed by atoms with Gasteiger partial charge in [0.05, 0.1) is 11.4 Å². The highest BCUT2D eigenvalue weighted by Crippen LogP contribution is 2.37. The molecule has 0 atom stereocenters. The lowest BCUT2D eigenvalue weighted by Gasteiger charge is -2.13. The Morgan fingerprint density at radius 3 is 1.31 bits per heavy atom. The van der Waals surface area contributed by atoms with Gasteiger partial charge in [-0.2, -0.15) is 0 Å². The van der Waals surface area contributed by atoms with Gasteiger partial charge in [0.2, 0.25) is 0 Å². The summed E-state index contributed by atoms with van der Waals surface area (Å²) in [6.07, 6.45) is 0. The molecule has 0 spiro atoms. The normalized spacial score (nSPS) is 10.5. The number of nitrogens with two attached hydrogens (primary N) is 2. The maximum Gasteiger partial charge on any atom is 0.418 e. The fourth-order valence-corrected chi connectivity index (χ4v) is 3.49. The second-order valence-corrected chi connectivity index (χ2v) is 7.59. The Labute approximate surface area is 186 Å². The topological polar surface area (TPSA) is 106 Å². The van der Waals surface area contributed by atoms with E-state index in [1.165, 1.54) is 12.1 Å². The van der Waals surface area contributed by atoms with Gasteiger partial charge < -0.3 is 30.0 Å². The first-order chi connectivity index (χ1) is 15.6. The predicted molar refractivity (Wildman–Crippen MR) is 125 cm³/mol. The minimum atomic E-state index is -2.91. The van der Waals surface area contributed by atoms with Crippen LogP contribution in [0.3, 0.4) is 0 Å². The number of benzene rings is 4. The molecule has 4 N–H and O–H groups in total. The van der Waals surface area contributed by atoms with Gasteiger partial charge in [-0.15, -0.1) is 0 Å². The Kier molecular flexibility index (Phi) is 6.49. The third-order valence-electron chi connectivity index (χ3n) is 4.31. The molecule has 162 valence electrons. The molecule has 0 fully saturated rings. The lowest BCUT2D eigenvalue weighted by atomic mass is 10.3. The molecule has 32 heavy (non-hydrogen) atoms. The van der Waals surface area contributed by atoms with Gasteiger partial charge in [-0.25, -0.2) is 4.57 Å². The Morgan fingerprint density at radius 1 is 0.531 bits per heavy atom. The van der Waals surface area contributed by atoms with Gasteiger partial charge in [-0.3, -0.25) is 0 Å². The second-order valence-electron chi connectivity index (χ2n) is 6.68. The second kappa shape index (κ2) is 9.81. The number of ether oxygens (including phenoxy) is 2. The molecule has 0 saturated carbocycles. The molecule has 0 unspecified atom stereocenters. The molecule has 0 aliphatic heterocycles. The molecule has 0 aliphatic carbocycles. The smallest absolute Gasteiger partial charge is 0.418 e. The molecule has 0 bridgehead atoms. The first-order valence-corrected chi connectivity index (χ1v) is 10.9. The maximum absolute atomic E-state index is 12.4. The highest BCUT2D eigenvalue weighted by Gasteiger charge is 2.10. The summed E-state index contributed by atoms with van der Waals surface area (Å²) >= 11 is 0. The van der Waals surface area contributed by atoms with Crippen LogP contribution in [-0.4, -0.2) is 0 Å². The monoisotopic (exact) mass is 448 g/mol. The molecule has 0 amide bonds. The molecule has 0 heterocycles. The SMILES string of the molecule is Nc1cc(O[PH](=O)Oc2ccc(Oc3ccccc3)c(N)c2)ccc1Oc1ccccc1. The predicted octanol–water partition coefficient (Wildman–Crippen LogP) is 6.28. The first kappa shape index (κ1) is 21.2. The number of hydrogen-bond acceptors (Lipinski definition) is 7. The van der Waals surface area contributed by atoms with E-state index < -0.39 is 8.25 Å². The minimum absolute atomic E-state index is 0.295. The largest absolute Gasteiger partial charge is 0.455 e. The fourth-order valence-electron chi connectivity index (χ4n) is 2.81. The van der Waals surface area contributed by atoms with Crippen LogP contribution in [0, 0.1) is 0 Å². The van der Waals surface area contributed by atoms with E-state index >= 15 is 0 Å². The van der Waals surface area contributed by atoms with E-state index in [1.807, 2.05) is 60.7 Å². The van der Waals surface area contributed by atoms with Crippen LogP contribution < -0.4 is 30.0 Å². The van der Waals surface area contributed by atoms with Gasteiger partial charge in [0.25, 0.3) is 0 Å². The Bertz CT molecular complexity index is 1120. The summed E-state index contributed by atoms with van der Waals surface area (Å²) in [6.45, 7) is 0. The number of para-hydroxylation sites is 2. The van der Waals surface area contributed by atoms with E-state index in [0.29, 0.717) is 45.9 Å². The molecule has 0 aliphatic rings. The van der Waals surface area contributed by atoms with Crippen LogP contribution in [0.4, 0.5) is 11.4 Å². The van der Waals surface area contributed by atoms with Gasteiger partial charge in [0, 0.05) is 12.1 Å². The summed E-state index contributed by atoms with van der Waals surface area (Å²) < 4.78 is 34.6. The van der Waals surface area contributed by atoms with Crippen molar-refractivity contribution in [2.75, 3.05) is 11.5 Å². The summed E-state index contributed by atoms with van der Waals surface area (Å²) in [7, 11) is -2.91.